The molecule has 0 heterocycles. The van der Waals surface area contributed by atoms with Gasteiger partial charge in [-0.3, -0.25) is 0 Å². The molecule has 0 aromatic heterocycles. The summed E-state index contributed by atoms with van der Waals surface area (Å²) in [4.78, 5) is 10.8. The van der Waals surface area contributed by atoms with Crippen LogP contribution in [0.2, 0.25) is 0 Å². The molecule has 3 atom stereocenters. The third kappa shape index (κ3) is 19.3. The molecule has 0 aliphatic rings. The van der Waals surface area contributed by atoms with E-state index in [9.17, 15) is 4.79 Å². The van der Waals surface area contributed by atoms with Crippen LogP contribution in [0.4, 0.5) is 0 Å². The molecule has 0 saturated heterocycles. The minimum atomic E-state index is -0.447. The number of hydrogen-bond acceptors (Lipinski definition) is 7. The van der Waals surface area contributed by atoms with Crippen LogP contribution in [-0.4, -0.2) is 74.6 Å². The fourth-order valence-electron chi connectivity index (χ4n) is 1.60. The van der Waals surface area contributed by atoms with Crippen molar-refractivity contribution in [3.8, 4) is 0 Å². The van der Waals surface area contributed by atoms with Crippen molar-refractivity contribution in [3.63, 3.8) is 0 Å². The lowest BCUT2D eigenvalue weighted by Gasteiger charge is -2.16. The van der Waals surface area contributed by atoms with Crippen LogP contribution in [0.25, 0.3) is 0 Å². The Labute approximate surface area is 169 Å². The van der Waals surface area contributed by atoms with E-state index in [0.717, 1.165) is 13.2 Å². The first-order valence-electron chi connectivity index (χ1n) is 9.55. The molecule has 7 heteroatoms. The summed E-state index contributed by atoms with van der Waals surface area (Å²) in [6, 6.07) is 8.88. The van der Waals surface area contributed by atoms with Crippen molar-refractivity contribution in [3.05, 3.63) is 35.9 Å². The predicted molar refractivity (Wildman–Crippen MR) is 110 cm³/mol. The molecule has 164 valence electrons. The topological polar surface area (TPSA) is 94.5 Å². The molecule has 0 saturated carbocycles. The predicted octanol–water partition coefficient (Wildman–Crippen LogP) is 2.69. The van der Waals surface area contributed by atoms with Gasteiger partial charge in [-0.2, -0.15) is 0 Å². The van der Waals surface area contributed by atoms with E-state index in [4.69, 9.17) is 24.4 Å². The van der Waals surface area contributed by atoms with Crippen LogP contribution in [-0.2, 0) is 18.9 Å². The molecule has 1 rings (SSSR count). The number of hydrogen-bond donors (Lipinski definition) is 2. The molecular formula is C21H38O7. The molecule has 0 bridgehead atoms. The third-order valence-electron chi connectivity index (χ3n) is 3.10. The molecule has 2 N–H and O–H groups in total. The Hall–Kier alpha value is -1.51. The molecular weight excluding hydrogens is 364 g/mol. The number of carbonyl (C=O) groups excluding carboxylic acids is 1. The quantitative estimate of drug-likeness (QED) is 0.581. The highest BCUT2D eigenvalue weighted by Gasteiger charge is 2.07. The van der Waals surface area contributed by atoms with E-state index in [2.05, 4.69) is 4.74 Å². The standard InChI is InChI=1S/C9H20O4.C8H8O2.C4H10O/c1-7(11)5-12-9(3)6-13-8(2)4-10;1-10-8(9)7-5-3-2-4-6-7;1-3-5-4-2/h7-11H,4-6H2,1-3H3;2-6H,1H3;3-4H2,1-2H3. The van der Waals surface area contributed by atoms with Crippen LogP contribution in [0.5, 0.6) is 0 Å². The van der Waals surface area contributed by atoms with E-state index >= 15 is 0 Å². The minimum absolute atomic E-state index is 0.0170. The van der Waals surface area contributed by atoms with Gasteiger partial charge in [-0.15, -0.1) is 0 Å². The summed E-state index contributed by atoms with van der Waals surface area (Å²) in [7, 11) is 1.37. The molecule has 7 nitrogen and oxygen atoms in total. The molecule has 0 aliphatic carbocycles. The smallest absolute Gasteiger partial charge is 0.337 e. The normalized spacial score (nSPS) is 13.1. The lowest BCUT2D eigenvalue weighted by Crippen LogP contribution is -2.24. The lowest BCUT2D eigenvalue weighted by molar-refractivity contribution is -0.0620. The van der Waals surface area contributed by atoms with Crippen molar-refractivity contribution in [1.29, 1.82) is 0 Å². The summed E-state index contributed by atoms with van der Waals surface area (Å²) in [5.41, 5.74) is 0.588. The molecule has 1 aromatic rings. The van der Waals surface area contributed by atoms with E-state index in [1.807, 2.05) is 26.8 Å². The van der Waals surface area contributed by atoms with Crippen LogP contribution in [0.1, 0.15) is 45.0 Å². The molecule has 0 amide bonds. The van der Waals surface area contributed by atoms with Crippen molar-refractivity contribution in [1.82, 2.24) is 0 Å². The van der Waals surface area contributed by atoms with Crippen molar-refractivity contribution in [2.75, 3.05) is 40.1 Å². The van der Waals surface area contributed by atoms with Crippen LogP contribution >= 0.6 is 0 Å². The molecule has 0 radical (unpaired) electrons. The summed E-state index contributed by atoms with van der Waals surface area (Å²) in [5.74, 6) is -0.291. The summed E-state index contributed by atoms with van der Waals surface area (Å²) in [6.45, 7) is 11.8. The summed E-state index contributed by atoms with van der Waals surface area (Å²) >= 11 is 0. The van der Waals surface area contributed by atoms with Crippen LogP contribution < -0.4 is 0 Å². The average molecular weight is 403 g/mol. The number of aliphatic hydroxyl groups excluding tert-OH is 2. The van der Waals surface area contributed by atoms with Gasteiger partial charge >= 0.3 is 5.97 Å². The summed E-state index contributed by atoms with van der Waals surface area (Å²) < 4.78 is 19.8. The van der Waals surface area contributed by atoms with Gasteiger partial charge in [-0.1, -0.05) is 18.2 Å². The van der Waals surface area contributed by atoms with Gasteiger partial charge < -0.3 is 29.2 Å². The minimum Gasteiger partial charge on any atom is -0.465 e. The Morgan fingerprint density at radius 2 is 1.50 bits per heavy atom. The number of esters is 1. The number of benzene rings is 1. The van der Waals surface area contributed by atoms with Gasteiger partial charge in [-0.05, 0) is 46.8 Å². The number of ether oxygens (including phenoxy) is 4. The number of carbonyl (C=O) groups is 1. The largest absolute Gasteiger partial charge is 0.465 e. The highest BCUT2D eigenvalue weighted by molar-refractivity contribution is 5.89. The fourth-order valence-corrected chi connectivity index (χ4v) is 1.60. The second kappa shape index (κ2) is 20.2. The number of methoxy groups -OCH3 is 1. The molecule has 0 aliphatic heterocycles. The molecule has 28 heavy (non-hydrogen) atoms. The molecule has 0 fully saturated rings. The zero-order valence-corrected chi connectivity index (χ0v) is 18.1. The SMILES string of the molecule is CC(O)COC(C)COC(C)CO.CCOCC.COC(=O)c1ccccc1. The second-order valence-electron chi connectivity index (χ2n) is 5.96. The number of rotatable bonds is 10. The highest BCUT2D eigenvalue weighted by atomic mass is 16.5. The Morgan fingerprint density at radius 1 is 0.964 bits per heavy atom. The Balaban J connectivity index is 0. The van der Waals surface area contributed by atoms with Gasteiger partial charge in [-0.25, -0.2) is 4.79 Å². The van der Waals surface area contributed by atoms with E-state index < -0.39 is 6.10 Å². The van der Waals surface area contributed by atoms with Crippen molar-refractivity contribution in [2.24, 2.45) is 0 Å². The average Bonchev–Trinajstić information content (AvgIpc) is 2.72. The van der Waals surface area contributed by atoms with Crippen molar-refractivity contribution < 1.29 is 34.0 Å². The Morgan fingerprint density at radius 3 is 1.89 bits per heavy atom. The van der Waals surface area contributed by atoms with Gasteiger partial charge in [0.15, 0.2) is 0 Å². The van der Waals surface area contributed by atoms with Gasteiger partial charge in [0.25, 0.3) is 0 Å². The first-order valence-corrected chi connectivity index (χ1v) is 9.55. The first kappa shape index (κ1) is 28.7. The molecule has 3 unspecified atom stereocenters. The van der Waals surface area contributed by atoms with Crippen LogP contribution in [0, 0.1) is 0 Å². The number of aliphatic hydroxyl groups is 2. The van der Waals surface area contributed by atoms with E-state index in [1.54, 1.807) is 38.1 Å². The van der Waals surface area contributed by atoms with Crippen LogP contribution in [0.3, 0.4) is 0 Å². The second-order valence-corrected chi connectivity index (χ2v) is 5.96. The zero-order valence-electron chi connectivity index (χ0n) is 18.1. The zero-order chi connectivity index (χ0) is 21.8. The van der Waals surface area contributed by atoms with E-state index in [-0.39, 0.29) is 24.8 Å². The maximum Gasteiger partial charge on any atom is 0.337 e. The van der Waals surface area contributed by atoms with Crippen molar-refractivity contribution in [2.45, 2.75) is 52.9 Å². The summed E-state index contributed by atoms with van der Waals surface area (Å²) in [5, 5.41) is 17.6. The summed E-state index contributed by atoms with van der Waals surface area (Å²) in [6.07, 6.45) is -0.654. The van der Waals surface area contributed by atoms with Gasteiger partial charge in [0.1, 0.15) is 0 Å². The maximum absolute atomic E-state index is 10.8. The van der Waals surface area contributed by atoms with E-state index in [1.165, 1.54) is 7.11 Å². The monoisotopic (exact) mass is 402 g/mol. The lowest BCUT2D eigenvalue weighted by atomic mass is 10.2. The van der Waals surface area contributed by atoms with Gasteiger partial charge in [0.05, 0.1) is 50.8 Å². The Bertz CT molecular complexity index is 449. The van der Waals surface area contributed by atoms with E-state index in [0.29, 0.717) is 18.8 Å². The molecule has 1 aromatic carbocycles. The highest BCUT2D eigenvalue weighted by Crippen LogP contribution is 1.99. The Kier molecular flexibility index (Phi) is 20.7. The fraction of sp³-hybridized carbons (Fsp3) is 0.667. The maximum atomic E-state index is 10.8. The van der Waals surface area contributed by atoms with Gasteiger partial charge in [0, 0.05) is 13.2 Å². The van der Waals surface area contributed by atoms with Gasteiger partial charge in [0.2, 0.25) is 0 Å². The first-order chi connectivity index (χ1) is 13.3. The molecule has 0 spiro atoms. The third-order valence-corrected chi connectivity index (χ3v) is 3.10. The van der Waals surface area contributed by atoms with Crippen LogP contribution in [0.15, 0.2) is 30.3 Å². The van der Waals surface area contributed by atoms with Crippen molar-refractivity contribution >= 4 is 5.97 Å².